The van der Waals surface area contributed by atoms with Gasteiger partial charge in [0, 0.05) is 6.42 Å². The van der Waals surface area contributed by atoms with Gasteiger partial charge in [-0.05, 0) is 84.6 Å². The van der Waals surface area contributed by atoms with E-state index in [1.807, 2.05) is 30.3 Å². The Balaban J connectivity index is 1.70. The van der Waals surface area contributed by atoms with Gasteiger partial charge in [-0.1, -0.05) is 53.6 Å². The highest BCUT2D eigenvalue weighted by molar-refractivity contribution is 5.70. The molecule has 200 valence electrons. The summed E-state index contributed by atoms with van der Waals surface area (Å²) >= 11 is 0. The van der Waals surface area contributed by atoms with Crippen molar-refractivity contribution in [2.45, 2.75) is 116 Å². The largest absolute Gasteiger partial charge is 0.456 e. The Hall–Kier alpha value is -1.99. The van der Waals surface area contributed by atoms with Crippen LogP contribution < -0.4 is 0 Å². The van der Waals surface area contributed by atoms with Crippen LogP contribution in [0.15, 0.2) is 53.6 Å². The zero-order chi connectivity index (χ0) is 26.3. The van der Waals surface area contributed by atoms with Gasteiger partial charge in [0.25, 0.3) is 0 Å². The standard InChI is InChI=1S/C30H44O6/c1-20(2)10-9-19-30(5,24-16-13-21(3)14-17-24)36-29-27(33)28(26(32)22(4)34-29)35-25(31)18-15-23-11-7-6-8-12-23/h6-8,10-13,22,24,26-29,32-33H,9,14-19H2,1-5H3/t22-,24-,26+,27-,28+,29+,30+/m1/s1. The summed E-state index contributed by atoms with van der Waals surface area (Å²) in [5, 5.41) is 21.9. The second kappa shape index (κ2) is 13.0. The van der Waals surface area contributed by atoms with Crippen LogP contribution >= 0.6 is 0 Å². The number of carbonyl (C=O) groups is 1. The fourth-order valence-corrected chi connectivity index (χ4v) is 5.13. The van der Waals surface area contributed by atoms with Crippen LogP contribution in [0.3, 0.4) is 0 Å². The topological polar surface area (TPSA) is 85.2 Å². The average Bonchev–Trinajstić information content (AvgIpc) is 2.84. The number of allylic oxidation sites excluding steroid dienone is 4. The van der Waals surface area contributed by atoms with Gasteiger partial charge in [-0.2, -0.15) is 0 Å². The lowest BCUT2D eigenvalue weighted by Gasteiger charge is -2.47. The smallest absolute Gasteiger partial charge is 0.306 e. The SMILES string of the molecule is CC(C)=CCC[C@](C)(O[C@@H]1O[C@H](C)[C@H](O)[C@H](OC(=O)CCc2ccccc2)[C@H]1O)[C@@H]1CC=C(C)CC1. The number of esters is 1. The van der Waals surface area contributed by atoms with E-state index in [-0.39, 0.29) is 12.3 Å². The van der Waals surface area contributed by atoms with E-state index in [2.05, 4.69) is 39.8 Å². The van der Waals surface area contributed by atoms with Gasteiger partial charge in [-0.3, -0.25) is 4.79 Å². The third-order valence-corrected chi connectivity index (χ3v) is 7.59. The molecule has 0 saturated carbocycles. The Morgan fingerprint density at radius 2 is 1.92 bits per heavy atom. The normalized spacial score (nSPS) is 30.1. The van der Waals surface area contributed by atoms with E-state index in [0.717, 1.165) is 37.7 Å². The van der Waals surface area contributed by atoms with Crippen molar-refractivity contribution in [3.05, 3.63) is 59.2 Å². The van der Waals surface area contributed by atoms with Crippen molar-refractivity contribution >= 4 is 5.97 Å². The summed E-state index contributed by atoms with van der Waals surface area (Å²) in [6.07, 6.45) is 4.55. The van der Waals surface area contributed by atoms with Gasteiger partial charge < -0.3 is 24.4 Å². The maximum absolute atomic E-state index is 12.6. The quantitative estimate of drug-likeness (QED) is 0.336. The number of aliphatic hydroxyl groups is 2. The van der Waals surface area contributed by atoms with E-state index >= 15 is 0 Å². The highest BCUT2D eigenvalue weighted by Gasteiger charge is 2.49. The Bertz CT molecular complexity index is 905. The monoisotopic (exact) mass is 500 g/mol. The highest BCUT2D eigenvalue weighted by Crippen LogP contribution is 2.40. The minimum atomic E-state index is -1.29. The van der Waals surface area contributed by atoms with Crippen LogP contribution in [0, 0.1) is 5.92 Å². The summed E-state index contributed by atoms with van der Waals surface area (Å²) in [6, 6.07) is 9.68. The van der Waals surface area contributed by atoms with Crippen molar-refractivity contribution in [2.75, 3.05) is 0 Å². The van der Waals surface area contributed by atoms with E-state index in [4.69, 9.17) is 14.2 Å². The Kier molecular flexibility index (Phi) is 10.3. The van der Waals surface area contributed by atoms with Crippen molar-refractivity contribution in [3.8, 4) is 0 Å². The first-order chi connectivity index (χ1) is 17.1. The molecule has 1 aliphatic carbocycles. The minimum Gasteiger partial charge on any atom is -0.456 e. The summed E-state index contributed by atoms with van der Waals surface area (Å²) in [5.74, 6) is -0.189. The molecule has 2 aliphatic rings. The first kappa shape index (κ1) is 28.6. The first-order valence-corrected chi connectivity index (χ1v) is 13.3. The maximum atomic E-state index is 12.6. The Labute approximate surface area is 216 Å². The van der Waals surface area contributed by atoms with Crippen molar-refractivity contribution in [3.63, 3.8) is 0 Å². The lowest BCUT2D eigenvalue weighted by atomic mass is 9.76. The lowest BCUT2D eigenvalue weighted by Crippen LogP contribution is -2.60. The third-order valence-electron chi connectivity index (χ3n) is 7.59. The van der Waals surface area contributed by atoms with Crippen LogP contribution in [0.4, 0.5) is 0 Å². The minimum absolute atomic E-state index is 0.162. The summed E-state index contributed by atoms with van der Waals surface area (Å²) in [4.78, 5) is 12.6. The van der Waals surface area contributed by atoms with Crippen molar-refractivity contribution < 1.29 is 29.2 Å². The maximum Gasteiger partial charge on any atom is 0.306 e. The molecular weight excluding hydrogens is 456 g/mol. The molecule has 0 aromatic heterocycles. The summed E-state index contributed by atoms with van der Waals surface area (Å²) in [6.45, 7) is 10.1. The summed E-state index contributed by atoms with van der Waals surface area (Å²) in [7, 11) is 0. The zero-order valence-electron chi connectivity index (χ0n) is 22.5. The van der Waals surface area contributed by atoms with Crippen LogP contribution in [-0.2, 0) is 25.4 Å². The number of carbonyl (C=O) groups excluding carboxylic acids is 1. The molecule has 2 N–H and O–H groups in total. The molecule has 36 heavy (non-hydrogen) atoms. The highest BCUT2D eigenvalue weighted by atomic mass is 16.7. The molecule has 6 nitrogen and oxygen atoms in total. The number of ether oxygens (including phenoxy) is 3. The number of rotatable bonds is 10. The number of benzene rings is 1. The summed E-state index contributed by atoms with van der Waals surface area (Å²) in [5.41, 5.74) is 3.13. The molecule has 0 unspecified atom stereocenters. The molecular formula is C30H44O6. The molecule has 0 spiro atoms. The van der Waals surface area contributed by atoms with Gasteiger partial charge in [-0.25, -0.2) is 0 Å². The second-order valence-electron chi connectivity index (χ2n) is 10.9. The van der Waals surface area contributed by atoms with Crippen LogP contribution in [-0.4, -0.2) is 52.5 Å². The third kappa shape index (κ3) is 7.75. The Morgan fingerprint density at radius 3 is 2.56 bits per heavy atom. The Morgan fingerprint density at radius 1 is 1.19 bits per heavy atom. The van der Waals surface area contributed by atoms with E-state index in [1.165, 1.54) is 11.1 Å². The lowest BCUT2D eigenvalue weighted by molar-refractivity contribution is -0.327. The molecule has 1 aromatic carbocycles. The number of aliphatic hydroxyl groups excluding tert-OH is 2. The van der Waals surface area contributed by atoms with Gasteiger partial charge in [0.2, 0.25) is 0 Å². The van der Waals surface area contributed by atoms with Crippen molar-refractivity contribution in [1.82, 2.24) is 0 Å². The van der Waals surface area contributed by atoms with Gasteiger partial charge in [0.1, 0.15) is 12.2 Å². The van der Waals surface area contributed by atoms with E-state index < -0.39 is 42.3 Å². The fourth-order valence-electron chi connectivity index (χ4n) is 5.13. The molecule has 6 heteroatoms. The molecule has 1 aromatic rings. The average molecular weight is 501 g/mol. The predicted molar refractivity (Wildman–Crippen MR) is 140 cm³/mol. The van der Waals surface area contributed by atoms with E-state index in [1.54, 1.807) is 6.92 Å². The molecule has 7 atom stereocenters. The molecule has 1 fully saturated rings. The van der Waals surface area contributed by atoms with Gasteiger partial charge >= 0.3 is 5.97 Å². The molecule has 1 saturated heterocycles. The fraction of sp³-hybridized carbons (Fsp3) is 0.633. The molecule has 0 radical (unpaired) electrons. The predicted octanol–water partition coefficient (Wildman–Crippen LogP) is 5.27. The molecule has 0 bridgehead atoms. The summed E-state index contributed by atoms with van der Waals surface area (Å²) < 4.78 is 18.1. The van der Waals surface area contributed by atoms with Crippen LogP contribution in [0.2, 0.25) is 0 Å². The van der Waals surface area contributed by atoms with Gasteiger partial charge in [0.05, 0.1) is 11.7 Å². The van der Waals surface area contributed by atoms with Crippen molar-refractivity contribution in [2.24, 2.45) is 5.92 Å². The number of hydrogen-bond donors (Lipinski definition) is 2. The molecule has 3 rings (SSSR count). The van der Waals surface area contributed by atoms with Crippen LogP contribution in [0.25, 0.3) is 0 Å². The number of aryl methyl sites for hydroxylation is 1. The second-order valence-corrected chi connectivity index (χ2v) is 10.9. The molecule has 0 amide bonds. The number of hydrogen-bond acceptors (Lipinski definition) is 6. The van der Waals surface area contributed by atoms with Gasteiger partial charge in [0.15, 0.2) is 12.4 Å². The van der Waals surface area contributed by atoms with Crippen molar-refractivity contribution in [1.29, 1.82) is 0 Å². The van der Waals surface area contributed by atoms with Gasteiger partial charge in [-0.15, -0.1) is 0 Å². The van der Waals surface area contributed by atoms with Crippen LogP contribution in [0.1, 0.15) is 78.7 Å². The molecule has 1 aliphatic heterocycles. The molecule has 1 heterocycles. The van der Waals surface area contributed by atoms with E-state index in [9.17, 15) is 15.0 Å². The zero-order valence-corrected chi connectivity index (χ0v) is 22.5. The van der Waals surface area contributed by atoms with E-state index in [0.29, 0.717) is 6.42 Å². The van der Waals surface area contributed by atoms with Crippen LogP contribution in [0.5, 0.6) is 0 Å². The first-order valence-electron chi connectivity index (χ1n) is 13.3.